The van der Waals surface area contributed by atoms with E-state index in [4.69, 9.17) is 11.6 Å². The zero-order valence-corrected chi connectivity index (χ0v) is 16.2. The Labute approximate surface area is 155 Å². The lowest BCUT2D eigenvalue weighted by Gasteiger charge is -2.25. The summed E-state index contributed by atoms with van der Waals surface area (Å²) in [6, 6.07) is 3.86. The Balaban J connectivity index is 2.02. The van der Waals surface area contributed by atoms with E-state index in [-0.39, 0.29) is 39.6 Å². The minimum Gasteiger partial charge on any atom is -0.316 e. The standard InChI is InChI=1S/C16H18ClFN2O3S2/c1-3-9(2)15(21)19-16-20(10-4-5-12(18)11(17)6-10)13-7-25(22,23)8-14(13)24-16/h4-6,9,13-14H,3,7-8H2,1-2H3/t9-,13-,14+/m0/s1. The highest BCUT2D eigenvalue weighted by atomic mass is 35.5. The second-order valence-electron chi connectivity index (χ2n) is 6.31. The lowest BCUT2D eigenvalue weighted by molar-refractivity contribution is -0.121. The fraction of sp³-hybridized carbons (Fsp3) is 0.500. The van der Waals surface area contributed by atoms with Gasteiger partial charge in [-0.25, -0.2) is 12.8 Å². The van der Waals surface area contributed by atoms with Crippen molar-refractivity contribution in [3.8, 4) is 0 Å². The van der Waals surface area contributed by atoms with E-state index in [2.05, 4.69) is 4.99 Å². The largest absolute Gasteiger partial charge is 0.316 e. The minimum absolute atomic E-state index is 0.0177. The summed E-state index contributed by atoms with van der Waals surface area (Å²) in [5.74, 6) is -0.982. The molecule has 0 radical (unpaired) electrons. The second kappa shape index (κ2) is 6.89. The van der Waals surface area contributed by atoms with Crippen LogP contribution in [0, 0.1) is 11.7 Å². The van der Waals surface area contributed by atoms with Gasteiger partial charge in [0.2, 0.25) is 0 Å². The van der Waals surface area contributed by atoms with Gasteiger partial charge in [0.15, 0.2) is 15.0 Å². The molecule has 2 aliphatic rings. The minimum atomic E-state index is -3.15. The van der Waals surface area contributed by atoms with Crippen molar-refractivity contribution in [3.63, 3.8) is 0 Å². The zero-order valence-electron chi connectivity index (χ0n) is 13.8. The molecule has 1 aromatic rings. The van der Waals surface area contributed by atoms with Gasteiger partial charge in [0.25, 0.3) is 5.91 Å². The van der Waals surface area contributed by atoms with E-state index in [1.807, 2.05) is 6.92 Å². The summed E-state index contributed by atoms with van der Waals surface area (Å²) >= 11 is 7.18. The first-order valence-electron chi connectivity index (χ1n) is 7.95. The number of carbonyl (C=O) groups excluding carboxylic acids is 1. The van der Waals surface area contributed by atoms with Crippen molar-refractivity contribution >= 4 is 50.0 Å². The van der Waals surface area contributed by atoms with Crippen molar-refractivity contribution in [2.75, 3.05) is 16.4 Å². The van der Waals surface area contributed by atoms with Crippen LogP contribution >= 0.6 is 23.4 Å². The molecule has 2 fully saturated rings. The zero-order chi connectivity index (χ0) is 18.4. The number of fused-ring (bicyclic) bond motifs is 1. The molecule has 2 aliphatic heterocycles. The summed E-state index contributed by atoms with van der Waals surface area (Å²) in [7, 11) is -3.15. The summed E-state index contributed by atoms with van der Waals surface area (Å²) in [5.41, 5.74) is 0.541. The maximum atomic E-state index is 13.5. The first-order valence-corrected chi connectivity index (χ1v) is 11.0. The molecule has 9 heteroatoms. The Morgan fingerprint density at radius 2 is 2.20 bits per heavy atom. The third-order valence-corrected chi connectivity index (χ3v) is 7.99. The molecule has 3 atom stereocenters. The highest BCUT2D eigenvalue weighted by molar-refractivity contribution is 8.16. The van der Waals surface area contributed by atoms with Crippen LogP contribution in [0.15, 0.2) is 23.2 Å². The summed E-state index contributed by atoms with van der Waals surface area (Å²) in [6.07, 6.45) is 0.671. The van der Waals surface area contributed by atoms with Crippen LogP contribution in [0.2, 0.25) is 5.02 Å². The first-order chi connectivity index (χ1) is 11.7. The Kier molecular flexibility index (Phi) is 5.14. The van der Waals surface area contributed by atoms with Crippen molar-refractivity contribution in [3.05, 3.63) is 29.0 Å². The van der Waals surface area contributed by atoms with Crippen molar-refractivity contribution in [1.29, 1.82) is 0 Å². The molecule has 1 amide bonds. The van der Waals surface area contributed by atoms with E-state index in [1.165, 1.54) is 30.0 Å². The molecule has 0 saturated carbocycles. The van der Waals surface area contributed by atoms with Gasteiger partial charge >= 0.3 is 0 Å². The van der Waals surface area contributed by atoms with Crippen molar-refractivity contribution < 1.29 is 17.6 Å². The van der Waals surface area contributed by atoms with Gasteiger partial charge in [-0.3, -0.25) is 4.79 Å². The molecule has 0 unspecified atom stereocenters. The maximum Gasteiger partial charge on any atom is 0.250 e. The van der Waals surface area contributed by atoms with Gasteiger partial charge in [0, 0.05) is 16.9 Å². The van der Waals surface area contributed by atoms with Crippen LogP contribution in [0.1, 0.15) is 20.3 Å². The summed E-state index contributed by atoms with van der Waals surface area (Å²) < 4.78 is 37.5. The Hall–Kier alpha value is -1.12. The number of benzene rings is 1. The lowest BCUT2D eigenvalue weighted by Crippen LogP contribution is -2.37. The average Bonchev–Trinajstić information content (AvgIpc) is 3.00. The number of amides is 1. The third kappa shape index (κ3) is 3.71. The third-order valence-electron chi connectivity index (χ3n) is 4.49. The summed E-state index contributed by atoms with van der Waals surface area (Å²) in [4.78, 5) is 18.2. The smallest absolute Gasteiger partial charge is 0.250 e. The number of thioether (sulfide) groups is 1. The molecule has 0 aliphatic carbocycles. The molecule has 0 aromatic heterocycles. The number of hydrogen-bond acceptors (Lipinski definition) is 4. The topological polar surface area (TPSA) is 66.8 Å². The van der Waals surface area contributed by atoms with E-state index >= 15 is 0 Å². The molecule has 3 rings (SSSR count). The van der Waals surface area contributed by atoms with E-state index in [0.29, 0.717) is 17.3 Å². The maximum absolute atomic E-state index is 13.5. The van der Waals surface area contributed by atoms with Gasteiger partial charge < -0.3 is 4.90 Å². The lowest BCUT2D eigenvalue weighted by atomic mass is 10.1. The molecule has 2 saturated heterocycles. The number of hydrogen-bond donors (Lipinski definition) is 0. The van der Waals surface area contributed by atoms with Crippen molar-refractivity contribution in [1.82, 2.24) is 0 Å². The molecule has 2 heterocycles. The van der Waals surface area contributed by atoms with Gasteiger partial charge in [-0.1, -0.05) is 37.2 Å². The fourth-order valence-corrected chi connectivity index (χ4v) is 6.97. The Bertz CT molecular complexity index is 844. The molecule has 0 N–H and O–H groups in total. The van der Waals surface area contributed by atoms with Crippen LogP contribution in [-0.4, -0.2) is 42.3 Å². The average molecular weight is 405 g/mol. The number of amidine groups is 1. The van der Waals surface area contributed by atoms with Crippen LogP contribution in [0.4, 0.5) is 10.1 Å². The molecule has 0 bridgehead atoms. The molecule has 0 spiro atoms. The first kappa shape index (κ1) is 18.7. The molecule has 25 heavy (non-hydrogen) atoms. The number of halogens is 2. The Morgan fingerprint density at radius 3 is 2.84 bits per heavy atom. The molecular weight excluding hydrogens is 387 g/mol. The number of aliphatic imine (C=N–C) groups is 1. The molecule has 1 aromatic carbocycles. The quantitative estimate of drug-likeness (QED) is 0.774. The van der Waals surface area contributed by atoms with Crippen LogP contribution in [0.25, 0.3) is 0 Å². The normalized spacial score (nSPS) is 27.5. The Morgan fingerprint density at radius 1 is 1.48 bits per heavy atom. The van der Waals surface area contributed by atoms with Crippen molar-refractivity contribution in [2.24, 2.45) is 10.9 Å². The second-order valence-corrected chi connectivity index (χ2v) is 10.1. The van der Waals surface area contributed by atoms with Crippen LogP contribution < -0.4 is 4.90 Å². The van der Waals surface area contributed by atoms with E-state index < -0.39 is 15.7 Å². The van der Waals surface area contributed by atoms with Gasteiger partial charge in [-0.2, -0.15) is 4.99 Å². The molecule has 5 nitrogen and oxygen atoms in total. The fourth-order valence-electron chi connectivity index (χ4n) is 2.88. The SMILES string of the molecule is CC[C@H](C)C(=O)N=C1S[C@@H]2CS(=O)(=O)C[C@@H]2N1c1ccc(F)c(Cl)c1. The molecular formula is C16H18ClFN2O3S2. The van der Waals surface area contributed by atoms with Crippen LogP contribution in [0.5, 0.6) is 0 Å². The van der Waals surface area contributed by atoms with E-state index in [0.717, 1.165) is 0 Å². The van der Waals surface area contributed by atoms with E-state index in [9.17, 15) is 17.6 Å². The van der Waals surface area contributed by atoms with Crippen LogP contribution in [-0.2, 0) is 14.6 Å². The predicted octanol–water partition coefficient (Wildman–Crippen LogP) is 3.13. The van der Waals surface area contributed by atoms with Crippen molar-refractivity contribution in [2.45, 2.75) is 31.6 Å². The number of rotatable bonds is 3. The summed E-state index contributed by atoms with van der Waals surface area (Å²) in [5, 5.41) is 0.203. The monoisotopic (exact) mass is 404 g/mol. The van der Waals surface area contributed by atoms with Gasteiger partial charge in [0.05, 0.1) is 22.6 Å². The highest BCUT2D eigenvalue weighted by Crippen LogP contribution is 2.41. The number of carbonyl (C=O) groups is 1. The number of anilines is 1. The molecule has 136 valence electrons. The highest BCUT2D eigenvalue weighted by Gasteiger charge is 2.49. The number of sulfone groups is 1. The predicted molar refractivity (Wildman–Crippen MR) is 99.6 cm³/mol. The van der Waals surface area contributed by atoms with Gasteiger partial charge in [0.1, 0.15) is 5.82 Å². The van der Waals surface area contributed by atoms with E-state index in [1.54, 1.807) is 11.8 Å². The van der Waals surface area contributed by atoms with Gasteiger partial charge in [-0.15, -0.1) is 0 Å². The number of nitrogens with zero attached hydrogens (tertiary/aromatic N) is 2. The summed E-state index contributed by atoms with van der Waals surface area (Å²) in [6.45, 7) is 3.71. The van der Waals surface area contributed by atoms with Gasteiger partial charge in [-0.05, 0) is 24.6 Å². The van der Waals surface area contributed by atoms with Crippen LogP contribution in [0.3, 0.4) is 0 Å².